The predicted molar refractivity (Wildman–Crippen MR) is 70.3 cm³/mol. The first kappa shape index (κ1) is 10.1. The van der Waals surface area contributed by atoms with E-state index in [-0.39, 0.29) is 0 Å². The summed E-state index contributed by atoms with van der Waals surface area (Å²) in [6.07, 6.45) is 8.58. The van der Waals surface area contributed by atoms with Gasteiger partial charge in [0.1, 0.15) is 0 Å². The van der Waals surface area contributed by atoms with Crippen molar-refractivity contribution in [3.05, 3.63) is 34.9 Å². The molecule has 0 unspecified atom stereocenters. The molecule has 0 bridgehead atoms. The normalized spacial score (nSPS) is 29.3. The first-order valence-electron chi connectivity index (χ1n) is 7.22. The van der Waals surface area contributed by atoms with Crippen LogP contribution in [0.4, 0.5) is 0 Å². The van der Waals surface area contributed by atoms with Gasteiger partial charge in [-0.05, 0) is 66.7 Å². The van der Waals surface area contributed by atoms with Crippen LogP contribution >= 0.6 is 0 Å². The molecule has 1 fully saturated rings. The monoisotopic (exact) mass is 227 g/mol. The predicted octanol–water partition coefficient (Wildman–Crippen LogP) is 3.48. The lowest BCUT2D eigenvalue weighted by atomic mass is 9.56. The maximum absolute atomic E-state index is 3.59. The molecule has 3 aliphatic rings. The average molecular weight is 227 g/mol. The number of hydrogen-bond donors (Lipinski definition) is 1. The van der Waals surface area contributed by atoms with Gasteiger partial charge in [0.25, 0.3) is 0 Å². The van der Waals surface area contributed by atoms with Gasteiger partial charge < -0.3 is 5.32 Å². The molecule has 2 aliphatic carbocycles. The molecule has 90 valence electrons. The Morgan fingerprint density at radius 2 is 2.06 bits per heavy atom. The molecule has 0 radical (unpaired) electrons. The molecule has 17 heavy (non-hydrogen) atoms. The summed E-state index contributed by atoms with van der Waals surface area (Å²) in [6, 6.07) is 7.08. The molecule has 0 saturated heterocycles. The Labute approximate surface area is 104 Å². The summed E-state index contributed by atoms with van der Waals surface area (Å²) < 4.78 is 0. The molecule has 1 spiro atoms. The van der Waals surface area contributed by atoms with Crippen LogP contribution in [0, 0.1) is 0 Å². The van der Waals surface area contributed by atoms with Crippen LogP contribution in [-0.4, -0.2) is 6.54 Å². The highest BCUT2D eigenvalue weighted by atomic mass is 14.9. The average Bonchev–Trinajstić information content (AvgIpc) is 2.52. The smallest absolute Gasteiger partial charge is 0.0208 e. The largest absolute Gasteiger partial charge is 0.313 e. The SMILES string of the molecule is c1cc2c3c(c1)C1(CCC1)CC[C@@H]3CCNC2. The zero-order chi connectivity index (χ0) is 11.3. The molecule has 1 heteroatoms. The van der Waals surface area contributed by atoms with Gasteiger partial charge in [0, 0.05) is 6.54 Å². The summed E-state index contributed by atoms with van der Waals surface area (Å²) in [5.74, 6) is 0.849. The second-order valence-corrected chi connectivity index (χ2v) is 6.21. The maximum Gasteiger partial charge on any atom is 0.0208 e. The molecule has 1 aromatic rings. The number of benzene rings is 1. The minimum atomic E-state index is 0.603. The van der Waals surface area contributed by atoms with Crippen molar-refractivity contribution >= 4 is 0 Å². The Hall–Kier alpha value is -0.820. The van der Waals surface area contributed by atoms with Gasteiger partial charge in [0.05, 0.1) is 0 Å². The molecular formula is C16H21N. The van der Waals surface area contributed by atoms with Gasteiger partial charge in [0.2, 0.25) is 0 Å². The molecule has 4 rings (SSSR count). The van der Waals surface area contributed by atoms with Crippen LogP contribution in [0.5, 0.6) is 0 Å². The lowest BCUT2D eigenvalue weighted by Crippen LogP contribution is -2.39. The number of fused-ring (bicyclic) bond motifs is 1. The Kier molecular flexibility index (Phi) is 2.14. The molecule has 1 N–H and O–H groups in total. The standard InChI is InChI=1S/C16H21N/c1-3-13-11-17-10-6-12-5-9-16(7-2-8-16)14(4-1)15(12)13/h1,3-4,12,17H,2,5-11H2/t12-/m1/s1. The first-order chi connectivity index (χ1) is 8.39. The van der Waals surface area contributed by atoms with Crippen LogP contribution in [-0.2, 0) is 12.0 Å². The third-order valence-corrected chi connectivity index (χ3v) is 5.44. The van der Waals surface area contributed by atoms with Gasteiger partial charge in [0.15, 0.2) is 0 Å². The van der Waals surface area contributed by atoms with Crippen molar-refractivity contribution in [1.82, 2.24) is 5.32 Å². The number of hydrogen-bond acceptors (Lipinski definition) is 1. The van der Waals surface area contributed by atoms with Crippen LogP contribution < -0.4 is 5.32 Å². The molecule has 1 heterocycles. The van der Waals surface area contributed by atoms with Gasteiger partial charge in [-0.1, -0.05) is 24.6 Å². The lowest BCUT2D eigenvalue weighted by molar-refractivity contribution is 0.197. The molecular weight excluding hydrogens is 206 g/mol. The number of nitrogens with one attached hydrogen (secondary N) is 1. The van der Waals surface area contributed by atoms with Gasteiger partial charge in [-0.25, -0.2) is 0 Å². The van der Waals surface area contributed by atoms with Crippen molar-refractivity contribution in [2.45, 2.75) is 56.4 Å². The molecule has 1 atom stereocenters. The van der Waals surface area contributed by atoms with Crippen molar-refractivity contribution in [3.8, 4) is 0 Å². The van der Waals surface area contributed by atoms with E-state index in [1.807, 2.05) is 0 Å². The van der Waals surface area contributed by atoms with E-state index in [1.165, 1.54) is 45.1 Å². The first-order valence-corrected chi connectivity index (χ1v) is 7.22. The van der Waals surface area contributed by atoms with Gasteiger partial charge >= 0.3 is 0 Å². The third-order valence-electron chi connectivity index (χ3n) is 5.44. The minimum Gasteiger partial charge on any atom is -0.313 e. The summed E-state index contributed by atoms with van der Waals surface area (Å²) in [5.41, 5.74) is 5.69. The quantitative estimate of drug-likeness (QED) is 0.715. The van der Waals surface area contributed by atoms with E-state index in [9.17, 15) is 0 Å². The highest BCUT2D eigenvalue weighted by molar-refractivity contribution is 5.46. The van der Waals surface area contributed by atoms with Crippen molar-refractivity contribution in [2.75, 3.05) is 6.54 Å². The summed E-state index contributed by atoms with van der Waals surface area (Å²) in [5, 5.41) is 3.59. The van der Waals surface area contributed by atoms with Crippen molar-refractivity contribution in [3.63, 3.8) is 0 Å². The third kappa shape index (κ3) is 1.35. The zero-order valence-electron chi connectivity index (χ0n) is 10.5. The Morgan fingerprint density at radius 3 is 2.88 bits per heavy atom. The second-order valence-electron chi connectivity index (χ2n) is 6.21. The molecule has 1 aromatic carbocycles. The zero-order valence-corrected chi connectivity index (χ0v) is 10.5. The Balaban J connectivity index is 1.90. The molecule has 1 nitrogen and oxygen atoms in total. The van der Waals surface area contributed by atoms with Gasteiger partial charge in [-0.15, -0.1) is 0 Å². The van der Waals surface area contributed by atoms with Gasteiger partial charge in [-0.2, -0.15) is 0 Å². The fourth-order valence-electron chi connectivity index (χ4n) is 4.35. The van der Waals surface area contributed by atoms with Crippen LogP contribution in [0.3, 0.4) is 0 Å². The van der Waals surface area contributed by atoms with E-state index in [1.54, 1.807) is 16.7 Å². The fraction of sp³-hybridized carbons (Fsp3) is 0.625. The van der Waals surface area contributed by atoms with Crippen LogP contribution in [0.25, 0.3) is 0 Å². The second kappa shape index (κ2) is 3.58. The molecule has 1 saturated carbocycles. The Bertz CT molecular complexity index is 445. The van der Waals surface area contributed by atoms with Crippen LogP contribution in [0.15, 0.2) is 18.2 Å². The summed E-state index contributed by atoms with van der Waals surface area (Å²) in [4.78, 5) is 0. The van der Waals surface area contributed by atoms with Crippen molar-refractivity contribution in [1.29, 1.82) is 0 Å². The van der Waals surface area contributed by atoms with Crippen molar-refractivity contribution < 1.29 is 0 Å². The molecule has 0 aromatic heterocycles. The summed E-state index contributed by atoms with van der Waals surface area (Å²) in [6.45, 7) is 2.29. The minimum absolute atomic E-state index is 0.603. The van der Waals surface area contributed by atoms with Crippen LogP contribution in [0.1, 0.15) is 61.1 Å². The van der Waals surface area contributed by atoms with E-state index in [2.05, 4.69) is 23.5 Å². The van der Waals surface area contributed by atoms with Crippen LogP contribution in [0.2, 0.25) is 0 Å². The molecule has 1 aliphatic heterocycles. The van der Waals surface area contributed by atoms with E-state index in [0.29, 0.717) is 5.41 Å². The molecule has 0 amide bonds. The summed E-state index contributed by atoms with van der Waals surface area (Å²) >= 11 is 0. The van der Waals surface area contributed by atoms with Gasteiger partial charge in [-0.3, -0.25) is 0 Å². The highest BCUT2D eigenvalue weighted by Crippen LogP contribution is 2.55. The summed E-state index contributed by atoms with van der Waals surface area (Å²) in [7, 11) is 0. The number of rotatable bonds is 0. The highest BCUT2D eigenvalue weighted by Gasteiger charge is 2.44. The lowest BCUT2D eigenvalue weighted by Gasteiger charge is -2.48. The maximum atomic E-state index is 3.59. The van der Waals surface area contributed by atoms with E-state index >= 15 is 0 Å². The Morgan fingerprint density at radius 1 is 1.12 bits per heavy atom. The van der Waals surface area contributed by atoms with E-state index in [0.717, 1.165) is 12.5 Å². The van der Waals surface area contributed by atoms with Crippen molar-refractivity contribution in [2.24, 2.45) is 0 Å². The van der Waals surface area contributed by atoms with E-state index in [4.69, 9.17) is 0 Å². The fourth-order valence-corrected chi connectivity index (χ4v) is 4.35. The topological polar surface area (TPSA) is 12.0 Å². The van der Waals surface area contributed by atoms with E-state index < -0.39 is 0 Å².